The molecule has 3 aliphatic heterocycles. The Kier molecular flexibility index (Phi) is 7.10. The molecule has 0 bridgehead atoms. The van der Waals surface area contributed by atoms with Gasteiger partial charge < -0.3 is 20.3 Å². The minimum atomic E-state index is -0.298. The Morgan fingerprint density at radius 2 is 2.03 bits per heavy atom. The number of halogens is 1. The van der Waals surface area contributed by atoms with Gasteiger partial charge >= 0.3 is 0 Å². The summed E-state index contributed by atoms with van der Waals surface area (Å²) in [5.74, 6) is 0.145. The number of carbonyl (C=O) groups is 2. The van der Waals surface area contributed by atoms with Crippen molar-refractivity contribution in [1.82, 2.24) is 15.5 Å². The van der Waals surface area contributed by atoms with Crippen molar-refractivity contribution >= 4 is 29.1 Å². The molecule has 3 saturated heterocycles. The molecule has 1 aromatic rings. The van der Waals surface area contributed by atoms with Crippen LogP contribution in [0.15, 0.2) is 18.2 Å². The number of amides is 2. The van der Waals surface area contributed by atoms with Crippen LogP contribution in [-0.4, -0.2) is 61.2 Å². The number of likely N-dealkylation sites (N-methyl/N-ethyl adjacent to an activating group) is 1. The number of hydrogen-bond acceptors (Lipinski definition) is 5. The van der Waals surface area contributed by atoms with Gasteiger partial charge in [-0.1, -0.05) is 6.07 Å². The molecule has 7 nitrogen and oxygen atoms in total. The summed E-state index contributed by atoms with van der Waals surface area (Å²) in [6, 6.07) is 6.62. The summed E-state index contributed by atoms with van der Waals surface area (Å²) >= 11 is 6.26. The van der Waals surface area contributed by atoms with E-state index in [-0.39, 0.29) is 35.4 Å². The van der Waals surface area contributed by atoms with Crippen LogP contribution in [0.25, 0.3) is 0 Å². The second-order valence-corrected chi connectivity index (χ2v) is 10.2. The molecule has 3 fully saturated rings. The van der Waals surface area contributed by atoms with Gasteiger partial charge in [0.2, 0.25) is 11.8 Å². The van der Waals surface area contributed by atoms with E-state index < -0.39 is 0 Å². The number of benzene rings is 1. The average Bonchev–Trinajstić information content (AvgIpc) is 2.77. The molecule has 3 heterocycles. The number of fused-ring (bicyclic) bond motifs is 1. The van der Waals surface area contributed by atoms with E-state index in [1.54, 1.807) is 7.11 Å². The number of nitrogens with zero attached hydrogens (tertiary/aromatic N) is 1. The van der Waals surface area contributed by atoms with Gasteiger partial charge in [0.25, 0.3) is 0 Å². The lowest BCUT2D eigenvalue weighted by Gasteiger charge is -2.47. The fourth-order valence-electron chi connectivity index (χ4n) is 5.57. The van der Waals surface area contributed by atoms with Gasteiger partial charge in [-0.25, -0.2) is 0 Å². The average molecular weight is 463 g/mol. The van der Waals surface area contributed by atoms with Crippen LogP contribution in [0.4, 0.5) is 5.69 Å². The van der Waals surface area contributed by atoms with Crippen LogP contribution in [0, 0.1) is 18.8 Å². The summed E-state index contributed by atoms with van der Waals surface area (Å²) in [7, 11) is 3.55. The molecule has 0 spiro atoms. The standard InChI is InChI=1S/C24H35ClN4O3/c1-13-5-6-17(27-23(30)15-9-21(25)28-22(10-15)32-4)11-18(13)19-8-16-12-26-14(2)7-20(16)29(3)24(19)31/h5-6,11,14-16,19-22,26,28H,7-10,12H2,1-4H3,(H,27,30). The Bertz CT molecular complexity index is 866. The maximum absolute atomic E-state index is 13.3. The van der Waals surface area contributed by atoms with E-state index >= 15 is 0 Å². The molecule has 3 aliphatic rings. The van der Waals surface area contributed by atoms with E-state index in [4.69, 9.17) is 16.3 Å². The number of hydrogen-bond donors (Lipinski definition) is 3. The summed E-state index contributed by atoms with van der Waals surface area (Å²) in [5.41, 5.74) is 2.51. The number of likely N-dealkylation sites (tertiary alicyclic amines) is 1. The quantitative estimate of drug-likeness (QED) is 0.473. The number of ether oxygens (including phenoxy) is 1. The van der Waals surface area contributed by atoms with Gasteiger partial charge in [0.05, 0.1) is 11.4 Å². The highest BCUT2D eigenvalue weighted by atomic mass is 35.5. The topological polar surface area (TPSA) is 82.7 Å². The first-order valence-electron chi connectivity index (χ1n) is 11.6. The molecular weight excluding hydrogens is 428 g/mol. The van der Waals surface area contributed by atoms with Gasteiger partial charge in [0.15, 0.2) is 0 Å². The van der Waals surface area contributed by atoms with Gasteiger partial charge in [-0.05, 0) is 68.7 Å². The third-order valence-corrected chi connectivity index (χ3v) is 7.79. The molecule has 0 saturated carbocycles. The van der Waals surface area contributed by atoms with Gasteiger partial charge in [-0.3, -0.25) is 14.9 Å². The van der Waals surface area contributed by atoms with Gasteiger partial charge in [-0.15, -0.1) is 11.6 Å². The first kappa shape index (κ1) is 23.5. The number of carbonyl (C=O) groups excluding carboxylic acids is 2. The predicted molar refractivity (Wildman–Crippen MR) is 126 cm³/mol. The Morgan fingerprint density at radius 1 is 1.25 bits per heavy atom. The number of rotatable bonds is 4. The molecule has 4 rings (SSSR count). The molecule has 2 amide bonds. The first-order chi connectivity index (χ1) is 15.3. The Morgan fingerprint density at radius 3 is 2.78 bits per heavy atom. The summed E-state index contributed by atoms with van der Waals surface area (Å²) in [5, 5.41) is 9.75. The zero-order chi connectivity index (χ0) is 23.0. The highest BCUT2D eigenvalue weighted by Crippen LogP contribution is 2.39. The number of nitrogens with one attached hydrogen (secondary N) is 3. The lowest BCUT2D eigenvalue weighted by atomic mass is 9.75. The molecular formula is C24H35ClN4O3. The van der Waals surface area contributed by atoms with E-state index in [2.05, 4.69) is 22.9 Å². The van der Waals surface area contributed by atoms with Crippen LogP contribution in [0.3, 0.4) is 0 Å². The van der Waals surface area contributed by atoms with Crippen molar-refractivity contribution in [1.29, 1.82) is 0 Å². The highest BCUT2D eigenvalue weighted by Gasteiger charge is 2.43. The number of alkyl halides is 1. The van der Waals surface area contributed by atoms with Crippen molar-refractivity contribution in [2.45, 2.75) is 69.3 Å². The maximum atomic E-state index is 13.3. The third-order valence-electron chi connectivity index (χ3n) is 7.48. The number of piperidine rings is 3. The molecule has 0 radical (unpaired) electrons. The number of anilines is 1. The highest BCUT2D eigenvalue weighted by molar-refractivity contribution is 6.20. The zero-order valence-electron chi connectivity index (χ0n) is 19.4. The molecule has 32 heavy (non-hydrogen) atoms. The second kappa shape index (κ2) is 9.67. The monoisotopic (exact) mass is 462 g/mol. The summed E-state index contributed by atoms with van der Waals surface area (Å²) < 4.78 is 5.36. The SMILES string of the molecule is COC1CC(C(=O)Nc2ccc(C)c(C3CC4CNC(C)CC4N(C)C3=O)c2)CC(Cl)N1. The third kappa shape index (κ3) is 4.81. The molecule has 0 aromatic heterocycles. The van der Waals surface area contributed by atoms with Crippen molar-refractivity contribution < 1.29 is 14.3 Å². The van der Waals surface area contributed by atoms with Crippen molar-refractivity contribution in [3.63, 3.8) is 0 Å². The molecule has 7 unspecified atom stereocenters. The van der Waals surface area contributed by atoms with Crippen LogP contribution in [-0.2, 0) is 14.3 Å². The molecule has 1 aromatic carbocycles. The van der Waals surface area contributed by atoms with Crippen LogP contribution >= 0.6 is 11.6 Å². The van der Waals surface area contributed by atoms with E-state index in [1.165, 1.54) is 0 Å². The Labute approximate surface area is 195 Å². The fraction of sp³-hybridized carbons (Fsp3) is 0.667. The Balaban J connectivity index is 1.50. The first-order valence-corrected chi connectivity index (χ1v) is 12.0. The summed E-state index contributed by atoms with van der Waals surface area (Å²) in [6.45, 7) is 5.15. The number of methoxy groups -OCH3 is 1. The van der Waals surface area contributed by atoms with Gasteiger partial charge in [0, 0.05) is 44.4 Å². The fourth-order valence-corrected chi connectivity index (χ4v) is 5.93. The minimum absolute atomic E-state index is 0.0633. The number of aryl methyl sites for hydroxylation is 1. The Hall–Kier alpha value is -1.67. The van der Waals surface area contributed by atoms with Crippen LogP contribution in [0.2, 0.25) is 0 Å². The van der Waals surface area contributed by atoms with E-state index in [0.29, 0.717) is 30.8 Å². The zero-order valence-corrected chi connectivity index (χ0v) is 20.1. The molecule has 7 atom stereocenters. The lowest BCUT2D eigenvalue weighted by molar-refractivity contribution is -0.140. The minimum Gasteiger partial charge on any atom is -0.367 e. The molecule has 3 N–H and O–H groups in total. The van der Waals surface area contributed by atoms with Crippen molar-refractivity contribution in [3.05, 3.63) is 29.3 Å². The molecule has 8 heteroatoms. The van der Waals surface area contributed by atoms with Crippen molar-refractivity contribution in [2.75, 3.05) is 26.0 Å². The van der Waals surface area contributed by atoms with Crippen LogP contribution in [0.5, 0.6) is 0 Å². The summed E-state index contributed by atoms with van der Waals surface area (Å²) in [6.07, 6.45) is 2.72. The normalized spacial score (nSPS) is 35.3. The van der Waals surface area contributed by atoms with Crippen LogP contribution in [0.1, 0.15) is 49.7 Å². The van der Waals surface area contributed by atoms with Crippen molar-refractivity contribution in [3.8, 4) is 0 Å². The van der Waals surface area contributed by atoms with Gasteiger partial charge in [-0.2, -0.15) is 0 Å². The second-order valence-electron chi connectivity index (χ2n) is 9.70. The predicted octanol–water partition coefficient (Wildman–Crippen LogP) is 2.78. The largest absolute Gasteiger partial charge is 0.367 e. The van der Waals surface area contributed by atoms with E-state index in [0.717, 1.165) is 36.2 Å². The maximum Gasteiger partial charge on any atom is 0.230 e. The van der Waals surface area contributed by atoms with Crippen molar-refractivity contribution in [2.24, 2.45) is 11.8 Å². The van der Waals surface area contributed by atoms with Gasteiger partial charge in [0.1, 0.15) is 6.23 Å². The summed E-state index contributed by atoms with van der Waals surface area (Å²) in [4.78, 5) is 28.2. The van der Waals surface area contributed by atoms with E-state index in [1.807, 2.05) is 37.1 Å². The molecule has 0 aliphatic carbocycles. The van der Waals surface area contributed by atoms with Crippen LogP contribution < -0.4 is 16.0 Å². The molecule has 176 valence electrons. The van der Waals surface area contributed by atoms with E-state index in [9.17, 15) is 9.59 Å². The lowest BCUT2D eigenvalue weighted by Crippen LogP contribution is -2.57. The smallest absolute Gasteiger partial charge is 0.230 e.